The van der Waals surface area contributed by atoms with E-state index < -0.39 is 11.9 Å². The lowest BCUT2D eigenvalue weighted by Crippen LogP contribution is -2.20. The van der Waals surface area contributed by atoms with Crippen molar-refractivity contribution in [2.45, 2.75) is 13.0 Å². The van der Waals surface area contributed by atoms with Crippen LogP contribution in [0.4, 0.5) is 16.0 Å². The van der Waals surface area contributed by atoms with Gasteiger partial charge < -0.3 is 16.4 Å². The molecule has 0 aliphatic carbocycles. The van der Waals surface area contributed by atoms with Crippen LogP contribution in [0.2, 0.25) is 0 Å². The van der Waals surface area contributed by atoms with E-state index in [-0.39, 0.29) is 23.1 Å². The lowest BCUT2D eigenvalue weighted by molar-refractivity contribution is 0.0964. The SMILES string of the molecule is CNC(=O)c1cccc2nc([C@H](C)Nc3ncnc(N)c3C#N)n(-c3cncc(F)c3)c12. The molecule has 1 atom stereocenters. The summed E-state index contributed by atoms with van der Waals surface area (Å²) in [5.74, 6) is -0.131. The van der Waals surface area contributed by atoms with Crippen molar-refractivity contribution < 1.29 is 9.18 Å². The molecular weight excluding hydrogens is 413 g/mol. The number of hydrogen-bond acceptors (Lipinski definition) is 8. The predicted octanol–water partition coefficient (Wildman–Crippen LogP) is 2.34. The Kier molecular flexibility index (Phi) is 5.34. The van der Waals surface area contributed by atoms with Gasteiger partial charge in [-0.15, -0.1) is 0 Å². The number of pyridine rings is 1. The number of halogens is 1. The maximum atomic E-state index is 14.0. The number of amides is 1. The van der Waals surface area contributed by atoms with Crippen LogP contribution in [0, 0.1) is 17.1 Å². The van der Waals surface area contributed by atoms with Gasteiger partial charge in [-0.05, 0) is 19.1 Å². The summed E-state index contributed by atoms with van der Waals surface area (Å²) < 4.78 is 15.7. The van der Waals surface area contributed by atoms with E-state index in [0.29, 0.717) is 28.1 Å². The molecule has 0 aliphatic heterocycles. The minimum atomic E-state index is -0.538. The third kappa shape index (κ3) is 3.54. The summed E-state index contributed by atoms with van der Waals surface area (Å²) in [7, 11) is 1.53. The molecule has 0 aliphatic rings. The Bertz CT molecular complexity index is 1380. The van der Waals surface area contributed by atoms with Gasteiger partial charge >= 0.3 is 0 Å². The third-order valence-electron chi connectivity index (χ3n) is 4.85. The number of imidazole rings is 1. The highest BCUT2D eigenvalue weighted by atomic mass is 19.1. The molecule has 0 spiro atoms. The largest absolute Gasteiger partial charge is 0.382 e. The van der Waals surface area contributed by atoms with E-state index in [1.807, 2.05) is 6.07 Å². The molecule has 4 N–H and O–H groups in total. The number of fused-ring (bicyclic) bond motifs is 1. The maximum absolute atomic E-state index is 14.0. The van der Waals surface area contributed by atoms with Gasteiger partial charge in [0, 0.05) is 13.1 Å². The number of anilines is 2. The second-order valence-corrected chi connectivity index (χ2v) is 6.88. The highest BCUT2D eigenvalue weighted by Crippen LogP contribution is 2.30. The molecule has 160 valence electrons. The molecule has 3 aromatic heterocycles. The first-order valence-corrected chi connectivity index (χ1v) is 9.56. The fraction of sp³-hybridized carbons (Fsp3) is 0.143. The standard InChI is InChI=1S/C21H18FN9O/c1-11(29-19-15(7-23)18(24)27-10-28-19)20-30-16-5-3-4-14(21(32)25-2)17(16)31(20)13-6-12(22)8-26-9-13/h3-6,8-11H,1-2H3,(H,25,32)(H3,24,27,28,29)/t11-/m0/s1. The fourth-order valence-corrected chi connectivity index (χ4v) is 3.43. The lowest BCUT2D eigenvalue weighted by Gasteiger charge is -2.18. The van der Waals surface area contributed by atoms with Gasteiger partial charge in [-0.3, -0.25) is 14.3 Å². The van der Waals surface area contributed by atoms with Crippen LogP contribution in [-0.4, -0.2) is 37.5 Å². The number of nitrogens with one attached hydrogen (secondary N) is 2. The van der Waals surface area contributed by atoms with Gasteiger partial charge in [0.05, 0.1) is 40.7 Å². The van der Waals surface area contributed by atoms with E-state index in [4.69, 9.17) is 5.73 Å². The Labute approximate surface area is 182 Å². The van der Waals surface area contributed by atoms with E-state index in [2.05, 4.69) is 30.6 Å². The average Bonchev–Trinajstić information content (AvgIpc) is 3.18. The number of carbonyl (C=O) groups is 1. The molecule has 10 nitrogen and oxygen atoms in total. The molecule has 4 aromatic rings. The number of benzene rings is 1. The number of carbonyl (C=O) groups excluding carboxylic acids is 1. The molecule has 3 heterocycles. The summed E-state index contributed by atoms with van der Waals surface area (Å²) in [4.78, 5) is 29.1. The van der Waals surface area contributed by atoms with Crippen molar-refractivity contribution in [2.75, 3.05) is 18.1 Å². The summed E-state index contributed by atoms with van der Waals surface area (Å²) in [6.07, 6.45) is 3.81. The number of para-hydroxylation sites is 1. The van der Waals surface area contributed by atoms with Crippen molar-refractivity contribution in [1.29, 1.82) is 5.26 Å². The summed E-state index contributed by atoms with van der Waals surface area (Å²) in [5, 5.41) is 15.1. The number of nitrogens with two attached hydrogens (primary N) is 1. The van der Waals surface area contributed by atoms with Crippen LogP contribution in [0.25, 0.3) is 16.7 Å². The Hall–Kier alpha value is -4.59. The zero-order chi connectivity index (χ0) is 22.8. The van der Waals surface area contributed by atoms with E-state index in [0.717, 1.165) is 6.20 Å². The number of nitriles is 1. The molecule has 0 fully saturated rings. The van der Waals surface area contributed by atoms with Crippen LogP contribution in [0.3, 0.4) is 0 Å². The molecule has 0 unspecified atom stereocenters. The van der Waals surface area contributed by atoms with Crippen molar-refractivity contribution in [3.63, 3.8) is 0 Å². The fourth-order valence-electron chi connectivity index (χ4n) is 3.43. The van der Waals surface area contributed by atoms with Crippen LogP contribution in [0.15, 0.2) is 43.0 Å². The molecule has 1 aromatic carbocycles. The topological polar surface area (TPSA) is 147 Å². The van der Waals surface area contributed by atoms with E-state index >= 15 is 0 Å². The maximum Gasteiger partial charge on any atom is 0.253 e. The minimum absolute atomic E-state index is 0.0435. The van der Waals surface area contributed by atoms with Gasteiger partial charge in [-0.1, -0.05) is 6.07 Å². The van der Waals surface area contributed by atoms with Crippen molar-refractivity contribution in [3.8, 4) is 11.8 Å². The number of rotatable bonds is 5. The van der Waals surface area contributed by atoms with Crippen molar-refractivity contribution in [1.82, 2.24) is 29.8 Å². The van der Waals surface area contributed by atoms with Crippen molar-refractivity contribution >= 4 is 28.6 Å². The number of aromatic nitrogens is 5. The number of hydrogen-bond donors (Lipinski definition) is 3. The van der Waals surface area contributed by atoms with Gasteiger partial charge in [0.25, 0.3) is 5.91 Å². The molecular formula is C21H18FN9O. The van der Waals surface area contributed by atoms with E-state index in [1.54, 1.807) is 29.7 Å². The van der Waals surface area contributed by atoms with Crippen molar-refractivity contribution in [2.24, 2.45) is 0 Å². The van der Waals surface area contributed by atoms with Gasteiger partial charge in [0.2, 0.25) is 0 Å². The molecule has 11 heteroatoms. The molecule has 1 amide bonds. The summed E-state index contributed by atoms with van der Waals surface area (Å²) in [5.41, 5.74) is 7.65. The monoisotopic (exact) mass is 431 g/mol. The second-order valence-electron chi connectivity index (χ2n) is 6.88. The average molecular weight is 431 g/mol. The second kappa shape index (κ2) is 8.27. The normalized spacial score (nSPS) is 11.7. The number of nitrogen functional groups attached to an aromatic ring is 1. The molecule has 4 rings (SSSR count). The van der Waals surface area contributed by atoms with Gasteiger partial charge in [-0.2, -0.15) is 5.26 Å². The first-order valence-electron chi connectivity index (χ1n) is 9.56. The Balaban J connectivity index is 1.93. The molecule has 0 radical (unpaired) electrons. The molecule has 32 heavy (non-hydrogen) atoms. The minimum Gasteiger partial charge on any atom is -0.382 e. The van der Waals surface area contributed by atoms with Gasteiger partial charge in [0.1, 0.15) is 41.2 Å². The van der Waals surface area contributed by atoms with Crippen LogP contribution < -0.4 is 16.4 Å². The van der Waals surface area contributed by atoms with Crippen molar-refractivity contribution in [3.05, 3.63) is 65.8 Å². The Morgan fingerprint density at radius 1 is 1.31 bits per heavy atom. The highest BCUT2D eigenvalue weighted by molar-refractivity contribution is 6.05. The Morgan fingerprint density at radius 2 is 2.12 bits per heavy atom. The first-order chi connectivity index (χ1) is 15.4. The zero-order valence-corrected chi connectivity index (χ0v) is 17.2. The molecule has 0 saturated carbocycles. The third-order valence-corrected chi connectivity index (χ3v) is 4.85. The number of nitrogens with zero attached hydrogens (tertiary/aromatic N) is 6. The van der Waals surface area contributed by atoms with Crippen LogP contribution >= 0.6 is 0 Å². The summed E-state index contributed by atoms with van der Waals surface area (Å²) in [6, 6.07) is 7.89. The molecule has 0 saturated heterocycles. The van der Waals surface area contributed by atoms with E-state index in [1.165, 1.54) is 25.6 Å². The van der Waals surface area contributed by atoms with Crippen LogP contribution in [0.1, 0.15) is 34.7 Å². The lowest BCUT2D eigenvalue weighted by atomic mass is 10.1. The summed E-state index contributed by atoms with van der Waals surface area (Å²) in [6.45, 7) is 1.80. The van der Waals surface area contributed by atoms with Gasteiger partial charge in [-0.25, -0.2) is 19.3 Å². The van der Waals surface area contributed by atoms with Crippen LogP contribution in [-0.2, 0) is 0 Å². The highest BCUT2D eigenvalue weighted by Gasteiger charge is 2.23. The molecule has 0 bridgehead atoms. The summed E-state index contributed by atoms with van der Waals surface area (Å²) >= 11 is 0. The van der Waals surface area contributed by atoms with Crippen LogP contribution in [0.5, 0.6) is 0 Å². The predicted molar refractivity (Wildman–Crippen MR) is 115 cm³/mol. The van der Waals surface area contributed by atoms with E-state index in [9.17, 15) is 14.4 Å². The Morgan fingerprint density at radius 3 is 2.84 bits per heavy atom. The smallest absolute Gasteiger partial charge is 0.253 e. The first kappa shape index (κ1) is 20.7. The zero-order valence-electron chi connectivity index (χ0n) is 17.2. The van der Waals surface area contributed by atoms with Gasteiger partial charge in [0.15, 0.2) is 0 Å². The quantitative estimate of drug-likeness (QED) is 0.436.